The molecular formula is C21H28N4O5. The maximum Gasteiger partial charge on any atom is 0.245 e. The lowest BCUT2D eigenvalue weighted by Gasteiger charge is -2.27. The van der Waals surface area contributed by atoms with E-state index in [1.54, 1.807) is 4.90 Å². The molecule has 0 unspecified atom stereocenters. The van der Waals surface area contributed by atoms with Crippen LogP contribution in [-0.4, -0.2) is 75.9 Å². The third-order valence-electron chi connectivity index (χ3n) is 5.49. The van der Waals surface area contributed by atoms with Gasteiger partial charge in [-0.15, -0.1) is 0 Å². The van der Waals surface area contributed by atoms with E-state index in [2.05, 4.69) is 10.6 Å². The molecule has 4 atom stereocenters. The minimum Gasteiger partial charge on any atom is -0.391 e. The molecule has 3 rings (SSSR count). The second-order valence-electron chi connectivity index (χ2n) is 7.91. The first-order valence-electron chi connectivity index (χ1n) is 10.1. The van der Waals surface area contributed by atoms with Gasteiger partial charge in [0.25, 0.3) is 0 Å². The molecule has 2 fully saturated rings. The molecule has 2 saturated heterocycles. The zero-order valence-corrected chi connectivity index (χ0v) is 17.2. The Labute approximate surface area is 175 Å². The average Bonchev–Trinajstić information content (AvgIpc) is 3.25. The highest BCUT2D eigenvalue weighted by molar-refractivity contribution is 5.95. The molecule has 1 aromatic carbocycles. The maximum atomic E-state index is 12.8. The van der Waals surface area contributed by atoms with Gasteiger partial charge >= 0.3 is 0 Å². The molecule has 0 radical (unpaired) electrons. The largest absolute Gasteiger partial charge is 0.391 e. The van der Waals surface area contributed by atoms with Gasteiger partial charge in [0.2, 0.25) is 23.6 Å². The molecule has 0 aliphatic carbocycles. The van der Waals surface area contributed by atoms with Crippen LogP contribution in [0.15, 0.2) is 30.3 Å². The van der Waals surface area contributed by atoms with E-state index in [0.717, 1.165) is 5.56 Å². The summed E-state index contributed by atoms with van der Waals surface area (Å²) in [7, 11) is 0. The third-order valence-corrected chi connectivity index (χ3v) is 5.49. The lowest BCUT2D eigenvalue weighted by atomic mass is 10.1. The molecule has 0 bridgehead atoms. The van der Waals surface area contributed by atoms with Crippen LogP contribution in [0.2, 0.25) is 0 Å². The average molecular weight is 416 g/mol. The summed E-state index contributed by atoms with van der Waals surface area (Å²) in [5.74, 6) is -1.41. The predicted octanol–water partition coefficient (Wildman–Crippen LogP) is -0.610. The van der Waals surface area contributed by atoms with Gasteiger partial charge in [-0.2, -0.15) is 0 Å². The van der Waals surface area contributed by atoms with Crippen molar-refractivity contribution in [1.82, 2.24) is 20.4 Å². The molecule has 9 heteroatoms. The number of hydrogen-bond acceptors (Lipinski definition) is 5. The number of likely N-dealkylation sites (tertiary alicyclic amines) is 2. The van der Waals surface area contributed by atoms with Crippen LogP contribution >= 0.6 is 0 Å². The van der Waals surface area contributed by atoms with Crippen molar-refractivity contribution in [3.8, 4) is 0 Å². The second-order valence-corrected chi connectivity index (χ2v) is 7.91. The fourth-order valence-electron chi connectivity index (χ4n) is 4.02. The van der Waals surface area contributed by atoms with Gasteiger partial charge in [-0.05, 0) is 18.9 Å². The Morgan fingerprint density at radius 1 is 1.23 bits per heavy atom. The van der Waals surface area contributed by atoms with E-state index in [1.165, 1.54) is 18.7 Å². The molecule has 0 spiro atoms. The van der Waals surface area contributed by atoms with E-state index < -0.39 is 36.0 Å². The van der Waals surface area contributed by atoms with Crippen molar-refractivity contribution >= 4 is 23.6 Å². The number of rotatable bonds is 6. The van der Waals surface area contributed by atoms with Crippen molar-refractivity contribution in [2.45, 2.75) is 57.5 Å². The molecule has 2 aliphatic rings. The monoisotopic (exact) mass is 416 g/mol. The fourth-order valence-corrected chi connectivity index (χ4v) is 4.02. The van der Waals surface area contributed by atoms with Crippen LogP contribution in [-0.2, 0) is 25.7 Å². The SMILES string of the molecule is CC(=O)N[C@@H](C)C(=O)N1C[C@H](O)C[C@H]1C(=O)N[C@@H]1CCN(Cc2ccccc2)C1=O. The molecule has 30 heavy (non-hydrogen) atoms. The minimum absolute atomic E-state index is 0.0135. The Hall–Kier alpha value is -2.94. The Kier molecular flexibility index (Phi) is 6.71. The second kappa shape index (κ2) is 9.25. The van der Waals surface area contributed by atoms with Crippen LogP contribution in [0.4, 0.5) is 0 Å². The first kappa shape index (κ1) is 21.8. The Morgan fingerprint density at radius 3 is 2.60 bits per heavy atom. The number of nitrogens with zero attached hydrogens (tertiary/aromatic N) is 2. The summed E-state index contributed by atoms with van der Waals surface area (Å²) in [5.41, 5.74) is 1.01. The minimum atomic E-state index is -0.875. The summed E-state index contributed by atoms with van der Waals surface area (Å²) in [4.78, 5) is 52.4. The quantitative estimate of drug-likeness (QED) is 0.572. The molecule has 0 saturated carbocycles. The fraction of sp³-hybridized carbons (Fsp3) is 0.524. The van der Waals surface area contributed by atoms with Gasteiger partial charge in [0.05, 0.1) is 6.10 Å². The zero-order valence-electron chi connectivity index (χ0n) is 17.2. The maximum absolute atomic E-state index is 12.8. The molecule has 9 nitrogen and oxygen atoms in total. The van der Waals surface area contributed by atoms with Crippen molar-refractivity contribution in [2.24, 2.45) is 0 Å². The first-order chi connectivity index (χ1) is 14.3. The van der Waals surface area contributed by atoms with Gasteiger partial charge in [-0.25, -0.2) is 0 Å². The van der Waals surface area contributed by atoms with E-state index in [1.807, 2.05) is 30.3 Å². The van der Waals surface area contributed by atoms with E-state index in [9.17, 15) is 24.3 Å². The standard InChI is InChI=1S/C21H28N4O5/c1-13(22-14(2)26)20(29)25-12-16(27)10-18(25)19(28)23-17-8-9-24(21(17)30)11-15-6-4-3-5-7-15/h3-7,13,16-18,27H,8-12H2,1-2H3,(H,22,26)(H,23,28)/t13-,16+,17+,18-/m0/s1. The van der Waals surface area contributed by atoms with Crippen molar-refractivity contribution in [3.05, 3.63) is 35.9 Å². The number of amides is 4. The number of hydrogen-bond donors (Lipinski definition) is 3. The summed E-state index contributed by atoms with van der Waals surface area (Å²) in [6, 6.07) is 7.29. The Balaban J connectivity index is 1.60. The molecule has 1 aromatic rings. The normalized spacial score (nSPS) is 24.6. The zero-order chi connectivity index (χ0) is 21.8. The topological polar surface area (TPSA) is 119 Å². The molecule has 0 aromatic heterocycles. The van der Waals surface area contributed by atoms with Crippen LogP contribution in [0.1, 0.15) is 32.3 Å². The predicted molar refractivity (Wildman–Crippen MR) is 108 cm³/mol. The summed E-state index contributed by atoms with van der Waals surface area (Å²) < 4.78 is 0. The van der Waals surface area contributed by atoms with Crippen molar-refractivity contribution in [2.75, 3.05) is 13.1 Å². The molecule has 2 aliphatic heterocycles. The lowest BCUT2D eigenvalue weighted by Crippen LogP contribution is -2.54. The summed E-state index contributed by atoms with van der Waals surface area (Å²) >= 11 is 0. The number of aliphatic hydroxyl groups excluding tert-OH is 1. The highest BCUT2D eigenvalue weighted by Crippen LogP contribution is 2.21. The molecular weight excluding hydrogens is 388 g/mol. The summed E-state index contributed by atoms with van der Waals surface area (Å²) in [6.45, 7) is 3.87. The van der Waals surface area contributed by atoms with Crippen molar-refractivity contribution in [1.29, 1.82) is 0 Å². The number of β-amino-alcohol motifs (C(OH)–C–C–N with tert-alkyl or cyclic N) is 1. The van der Waals surface area contributed by atoms with Crippen molar-refractivity contribution < 1.29 is 24.3 Å². The Bertz CT molecular complexity index is 815. The number of nitrogens with one attached hydrogen (secondary N) is 2. The van der Waals surface area contributed by atoms with Crippen LogP contribution in [0.3, 0.4) is 0 Å². The number of aliphatic hydroxyl groups is 1. The van der Waals surface area contributed by atoms with Crippen molar-refractivity contribution in [3.63, 3.8) is 0 Å². The molecule has 162 valence electrons. The number of carbonyl (C=O) groups excluding carboxylic acids is 4. The van der Waals surface area contributed by atoms with Gasteiger partial charge in [-0.3, -0.25) is 19.2 Å². The van der Waals surface area contributed by atoms with Gasteiger partial charge < -0.3 is 25.5 Å². The molecule has 2 heterocycles. The van der Waals surface area contributed by atoms with Crippen LogP contribution in [0.25, 0.3) is 0 Å². The van der Waals surface area contributed by atoms with E-state index >= 15 is 0 Å². The molecule has 4 amide bonds. The van der Waals surface area contributed by atoms with E-state index in [-0.39, 0.29) is 24.8 Å². The number of benzene rings is 1. The smallest absolute Gasteiger partial charge is 0.245 e. The third kappa shape index (κ3) is 4.96. The van der Waals surface area contributed by atoms with Gasteiger partial charge in [0.1, 0.15) is 18.1 Å². The highest BCUT2D eigenvalue weighted by Gasteiger charge is 2.42. The first-order valence-corrected chi connectivity index (χ1v) is 10.1. The summed E-state index contributed by atoms with van der Waals surface area (Å²) in [5, 5.41) is 15.3. The van der Waals surface area contributed by atoms with Crippen LogP contribution < -0.4 is 10.6 Å². The van der Waals surface area contributed by atoms with Crippen LogP contribution in [0.5, 0.6) is 0 Å². The van der Waals surface area contributed by atoms with Gasteiger partial charge in [0, 0.05) is 33.0 Å². The Morgan fingerprint density at radius 2 is 1.93 bits per heavy atom. The van der Waals surface area contributed by atoms with Gasteiger partial charge in [0.15, 0.2) is 0 Å². The van der Waals surface area contributed by atoms with E-state index in [4.69, 9.17) is 0 Å². The molecule has 3 N–H and O–H groups in total. The lowest BCUT2D eigenvalue weighted by molar-refractivity contribution is -0.141. The van der Waals surface area contributed by atoms with Crippen LogP contribution in [0, 0.1) is 0 Å². The van der Waals surface area contributed by atoms with Gasteiger partial charge in [-0.1, -0.05) is 30.3 Å². The highest BCUT2D eigenvalue weighted by atomic mass is 16.3. The number of carbonyl (C=O) groups is 4. The summed E-state index contributed by atoms with van der Waals surface area (Å²) in [6.07, 6.45) is -0.245. The van der Waals surface area contributed by atoms with E-state index in [0.29, 0.717) is 19.5 Å².